The highest BCUT2D eigenvalue weighted by atomic mass is 19.1. The van der Waals surface area contributed by atoms with Gasteiger partial charge in [-0.05, 0) is 31.9 Å². The van der Waals surface area contributed by atoms with Crippen LogP contribution in [-0.2, 0) is 4.79 Å². The van der Waals surface area contributed by atoms with E-state index in [9.17, 15) is 9.18 Å². The zero-order valence-electron chi connectivity index (χ0n) is 12.1. The van der Waals surface area contributed by atoms with E-state index >= 15 is 0 Å². The summed E-state index contributed by atoms with van der Waals surface area (Å²) < 4.78 is 19.0. The van der Waals surface area contributed by atoms with Gasteiger partial charge in [0.05, 0.1) is 0 Å². The second kappa shape index (κ2) is 7.07. The molecule has 1 amide bonds. The van der Waals surface area contributed by atoms with Crippen LogP contribution in [0.2, 0.25) is 0 Å². The first kappa shape index (κ1) is 15.3. The van der Waals surface area contributed by atoms with E-state index in [1.807, 2.05) is 0 Å². The third-order valence-corrected chi connectivity index (χ3v) is 3.66. The number of halogens is 1. The van der Waals surface area contributed by atoms with Gasteiger partial charge in [0, 0.05) is 13.1 Å². The summed E-state index contributed by atoms with van der Waals surface area (Å²) in [5.41, 5.74) is -0.159. The van der Waals surface area contributed by atoms with Crippen LogP contribution in [0.5, 0.6) is 5.75 Å². The summed E-state index contributed by atoms with van der Waals surface area (Å²) in [6, 6.07) is 5.95. The molecule has 0 spiro atoms. The molecule has 0 aliphatic carbocycles. The van der Waals surface area contributed by atoms with Crippen molar-refractivity contribution in [2.75, 3.05) is 13.1 Å². The van der Waals surface area contributed by atoms with Crippen LogP contribution in [0.1, 0.15) is 38.2 Å². The Kier molecular flexibility index (Phi) is 5.15. The van der Waals surface area contributed by atoms with E-state index in [1.165, 1.54) is 18.2 Å². The summed E-state index contributed by atoms with van der Waals surface area (Å²) in [7, 11) is 0. The molecule has 0 bridgehead atoms. The molecular weight excluding hydrogens is 271 g/mol. The van der Waals surface area contributed by atoms with Crippen LogP contribution in [0.4, 0.5) is 4.39 Å². The maximum Gasteiger partial charge on any atom is 0.263 e. The fraction of sp³-hybridized carbons (Fsp3) is 0.500. The number of benzene rings is 1. The number of carbonyl (C=O) groups is 1. The topological polar surface area (TPSA) is 53.3 Å². The van der Waals surface area contributed by atoms with Gasteiger partial charge >= 0.3 is 0 Å². The molecule has 1 aliphatic rings. The lowest BCUT2D eigenvalue weighted by molar-refractivity contribution is -0.137. The SMILES string of the molecule is CC(Oc1cccc(F)c1C#N)C(=O)N1CCCCCC1. The van der Waals surface area contributed by atoms with Gasteiger partial charge in [0.25, 0.3) is 5.91 Å². The van der Waals surface area contributed by atoms with Crippen molar-refractivity contribution in [3.8, 4) is 11.8 Å². The molecule has 0 saturated carbocycles. The highest BCUT2D eigenvalue weighted by molar-refractivity contribution is 5.81. The summed E-state index contributed by atoms with van der Waals surface area (Å²) in [6.07, 6.45) is 3.56. The van der Waals surface area contributed by atoms with Gasteiger partial charge in [-0.2, -0.15) is 5.26 Å². The summed E-state index contributed by atoms with van der Waals surface area (Å²) in [6.45, 7) is 3.11. The average Bonchev–Trinajstić information content (AvgIpc) is 2.75. The molecule has 5 heteroatoms. The van der Waals surface area contributed by atoms with Gasteiger partial charge in [0.1, 0.15) is 23.2 Å². The molecule has 4 nitrogen and oxygen atoms in total. The molecule has 2 rings (SSSR count). The maximum absolute atomic E-state index is 13.5. The number of hydrogen-bond acceptors (Lipinski definition) is 3. The molecule has 1 aliphatic heterocycles. The molecule has 1 saturated heterocycles. The number of carbonyl (C=O) groups excluding carboxylic acids is 1. The normalized spacial score (nSPS) is 16.7. The number of amides is 1. The van der Waals surface area contributed by atoms with Crippen LogP contribution in [0.3, 0.4) is 0 Å². The first-order valence-electron chi connectivity index (χ1n) is 7.27. The van der Waals surface area contributed by atoms with Crippen LogP contribution in [0, 0.1) is 17.1 Å². The van der Waals surface area contributed by atoms with Crippen LogP contribution >= 0.6 is 0 Å². The van der Waals surface area contributed by atoms with Gasteiger partial charge in [-0.25, -0.2) is 4.39 Å². The van der Waals surface area contributed by atoms with Gasteiger partial charge in [0.2, 0.25) is 0 Å². The van der Waals surface area contributed by atoms with Crippen molar-refractivity contribution in [3.63, 3.8) is 0 Å². The molecule has 112 valence electrons. The van der Waals surface area contributed by atoms with Crippen LogP contribution < -0.4 is 4.74 Å². The lowest BCUT2D eigenvalue weighted by Crippen LogP contribution is -2.41. The van der Waals surface area contributed by atoms with Crippen molar-refractivity contribution in [1.29, 1.82) is 5.26 Å². The molecule has 21 heavy (non-hydrogen) atoms. The second-order valence-electron chi connectivity index (χ2n) is 5.22. The number of hydrogen-bond donors (Lipinski definition) is 0. The van der Waals surface area contributed by atoms with Crippen molar-refractivity contribution in [1.82, 2.24) is 4.90 Å². The minimum Gasteiger partial charge on any atom is -0.479 e. The maximum atomic E-state index is 13.5. The molecule has 1 aromatic carbocycles. The molecule has 1 heterocycles. The second-order valence-corrected chi connectivity index (χ2v) is 5.22. The predicted octanol–water partition coefficient (Wildman–Crippen LogP) is 2.87. The van der Waals surface area contributed by atoms with E-state index < -0.39 is 11.9 Å². The fourth-order valence-corrected chi connectivity index (χ4v) is 2.50. The molecule has 1 atom stereocenters. The van der Waals surface area contributed by atoms with Gasteiger partial charge < -0.3 is 9.64 Å². The monoisotopic (exact) mass is 290 g/mol. The van der Waals surface area contributed by atoms with Gasteiger partial charge in [0.15, 0.2) is 6.10 Å². The number of rotatable bonds is 3. The van der Waals surface area contributed by atoms with Gasteiger partial charge in [-0.15, -0.1) is 0 Å². The minimum absolute atomic E-state index is 0.106. The summed E-state index contributed by atoms with van der Waals surface area (Å²) in [5, 5.41) is 8.97. The molecule has 1 fully saturated rings. The zero-order valence-corrected chi connectivity index (χ0v) is 12.1. The van der Waals surface area contributed by atoms with E-state index in [0.29, 0.717) is 0 Å². The Morgan fingerprint density at radius 3 is 2.62 bits per heavy atom. The Hall–Kier alpha value is -2.09. The number of nitriles is 1. The Labute approximate surface area is 124 Å². The smallest absolute Gasteiger partial charge is 0.263 e. The Morgan fingerprint density at radius 2 is 2.00 bits per heavy atom. The standard InChI is InChI=1S/C16H19FN2O2/c1-12(16(20)19-9-4-2-3-5-10-19)21-15-8-6-7-14(17)13(15)11-18/h6-8,12H,2-5,9-10H2,1H3. The van der Waals surface area contributed by atoms with Crippen molar-refractivity contribution < 1.29 is 13.9 Å². The Balaban J connectivity index is 2.07. The van der Waals surface area contributed by atoms with Crippen molar-refractivity contribution in [2.45, 2.75) is 38.7 Å². The number of likely N-dealkylation sites (tertiary alicyclic amines) is 1. The lowest BCUT2D eigenvalue weighted by atomic mass is 10.2. The largest absolute Gasteiger partial charge is 0.479 e. The minimum atomic E-state index is -0.725. The van der Waals surface area contributed by atoms with E-state index in [4.69, 9.17) is 10.00 Å². The summed E-state index contributed by atoms with van der Waals surface area (Å²) in [5.74, 6) is -0.623. The van der Waals surface area contributed by atoms with E-state index in [2.05, 4.69) is 0 Å². The molecule has 1 aromatic rings. The van der Waals surface area contributed by atoms with Gasteiger partial charge in [-0.1, -0.05) is 18.9 Å². The van der Waals surface area contributed by atoms with Crippen molar-refractivity contribution in [2.24, 2.45) is 0 Å². The number of ether oxygens (including phenoxy) is 1. The average molecular weight is 290 g/mol. The van der Waals surface area contributed by atoms with Crippen LogP contribution in [0.15, 0.2) is 18.2 Å². The van der Waals surface area contributed by atoms with Crippen molar-refractivity contribution >= 4 is 5.91 Å². The lowest BCUT2D eigenvalue weighted by Gasteiger charge is -2.24. The quantitative estimate of drug-likeness (QED) is 0.860. The molecule has 0 radical (unpaired) electrons. The molecule has 0 aromatic heterocycles. The predicted molar refractivity (Wildman–Crippen MR) is 76.3 cm³/mol. The zero-order chi connectivity index (χ0) is 15.2. The molecule has 1 unspecified atom stereocenters. The summed E-state index contributed by atoms with van der Waals surface area (Å²) in [4.78, 5) is 14.2. The van der Waals surface area contributed by atoms with E-state index in [0.717, 1.165) is 38.8 Å². The van der Waals surface area contributed by atoms with E-state index in [-0.39, 0.29) is 17.2 Å². The Morgan fingerprint density at radius 1 is 1.33 bits per heavy atom. The fourth-order valence-electron chi connectivity index (χ4n) is 2.50. The Bertz CT molecular complexity index is 546. The summed E-state index contributed by atoms with van der Waals surface area (Å²) >= 11 is 0. The highest BCUT2D eigenvalue weighted by Crippen LogP contribution is 2.22. The first-order chi connectivity index (χ1) is 10.1. The number of nitrogens with zero attached hydrogens (tertiary/aromatic N) is 2. The van der Waals surface area contributed by atoms with Crippen molar-refractivity contribution in [3.05, 3.63) is 29.6 Å². The molecule has 0 N–H and O–H groups in total. The third-order valence-electron chi connectivity index (χ3n) is 3.66. The van der Waals surface area contributed by atoms with Crippen LogP contribution in [-0.4, -0.2) is 30.0 Å². The highest BCUT2D eigenvalue weighted by Gasteiger charge is 2.24. The third kappa shape index (κ3) is 3.72. The van der Waals surface area contributed by atoms with Gasteiger partial charge in [-0.3, -0.25) is 4.79 Å². The first-order valence-corrected chi connectivity index (χ1v) is 7.27. The van der Waals surface area contributed by atoms with E-state index in [1.54, 1.807) is 17.9 Å². The molecular formula is C16H19FN2O2. The van der Waals surface area contributed by atoms with Crippen LogP contribution in [0.25, 0.3) is 0 Å².